The van der Waals surface area contributed by atoms with E-state index in [1.807, 2.05) is 31.2 Å². The van der Waals surface area contributed by atoms with Crippen molar-refractivity contribution in [2.24, 2.45) is 0 Å². The van der Waals surface area contributed by atoms with Crippen molar-refractivity contribution in [3.63, 3.8) is 0 Å². The maximum Gasteiger partial charge on any atom is 0.252 e. The molecule has 2 aromatic carbocycles. The zero-order valence-corrected chi connectivity index (χ0v) is 15.3. The predicted molar refractivity (Wildman–Crippen MR) is 103 cm³/mol. The van der Waals surface area contributed by atoms with Gasteiger partial charge in [0.1, 0.15) is 6.04 Å². The quantitative estimate of drug-likeness (QED) is 0.610. The summed E-state index contributed by atoms with van der Waals surface area (Å²) in [6.07, 6.45) is 1.24. The van der Waals surface area contributed by atoms with Crippen molar-refractivity contribution >= 4 is 28.8 Å². The molecule has 3 aromatic rings. The first-order chi connectivity index (χ1) is 13.6. The minimum atomic E-state index is -0.684. The number of aromatic amines is 1. The molecular weight excluding hydrogens is 360 g/mol. The number of aromatic nitrogens is 2. The van der Waals surface area contributed by atoms with E-state index in [0.29, 0.717) is 29.4 Å². The average Bonchev–Trinajstić information content (AvgIpc) is 3.32. The highest BCUT2D eigenvalue weighted by Crippen LogP contribution is 2.32. The number of imidazole rings is 1. The first-order valence-corrected chi connectivity index (χ1v) is 9.10. The van der Waals surface area contributed by atoms with Crippen molar-refractivity contribution in [1.29, 1.82) is 0 Å². The molecule has 0 fully saturated rings. The molecule has 1 atom stereocenters. The molecule has 8 heteroatoms. The molecule has 28 heavy (non-hydrogen) atoms. The minimum Gasteiger partial charge on any atom is -0.454 e. The Morgan fingerprint density at radius 1 is 1.18 bits per heavy atom. The molecule has 1 aliphatic rings. The van der Waals surface area contributed by atoms with Crippen LogP contribution in [0.15, 0.2) is 42.5 Å². The second-order valence-corrected chi connectivity index (χ2v) is 6.47. The maximum absolute atomic E-state index is 12.7. The van der Waals surface area contributed by atoms with Crippen molar-refractivity contribution in [3.8, 4) is 11.5 Å². The van der Waals surface area contributed by atoms with Gasteiger partial charge in [0, 0.05) is 5.56 Å². The molecular formula is C20H20N4O4. The van der Waals surface area contributed by atoms with Crippen LogP contribution in [-0.4, -0.2) is 34.6 Å². The van der Waals surface area contributed by atoms with Crippen LogP contribution in [0.1, 0.15) is 30.1 Å². The first kappa shape index (κ1) is 17.8. The Kier molecular flexibility index (Phi) is 4.84. The molecule has 8 nitrogen and oxygen atoms in total. The van der Waals surface area contributed by atoms with Gasteiger partial charge in [0.2, 0.25) is 18.6 Å². The molecule has 1 unspecified atom stereocenters. The minimum absolute atomic E-state index is 0.138. The highest BCUT2D eigenvalue weighted by molar-refractivity contribution is 6.01. The molecule has 1 aliphatic heterocycles. The number of ether oxygens (including phenoxy) is 2. The fourth-order valence-electron chi connectivity index (χ4n) is 3.05. The van der Waals surface area contributed by atoms with Crippen LogP contribution in [-0.2, 0) is 4.79 Å². The van der Waals surface area contributed by atoms with E-state index in [1.54, 1.807) is 18.2 Å². The summed E-state index contributed by atoms with van der Waals surface area (Å²) in [5, 5.41) is 5.54. The van der Waals surface area contributed by atoms with Crippen molar-refractivity contribution in [3.05, 3.63) is 48.0 Å². The molecule has 0 saturated heterocycles. The van der Waals surface area contributed by atoms with Gasteiger partial charge in [-0.3, -0.25) is 14.9 Å². The van der Waals surface area contributed by atoms with Crippen LogP contribution in [0, 0.1) is 0 Å². The highest BCUT2D eigenvalue weighted by Gasteiger charge is 2.23. The molecule has 0 radical (unpaired) electrons. The molecule has 2 amide bonds. The number of anilines is 1. The van der Waals surface area contributed by atoms with Gasteiger partial charge in [-0.15, -0.1) is 0 Å². The van der Waals surface area contributed by atoms with Crippen LogP contribution in [0.5, 0.6) is 11.5 Å². The van der Waals surface area contributed by atoms with Crippen molar-refractivity contribution in [2.75, 3.05) is 12.1 Å². The fraction of sp³-hybridized carbons (Fsp3) is 0.250. The maximum atomic E-state index is 12.7. The highest BCUT2D eigenvalue weighted by atomic mass is 16.7. The Morgan fingerprint density at radius 3 is 2.82 bits per heavy atom. The van der Waals surface area contributed by atoms with Crippen molar-refractivity contribution < 1.29 is 19.1 Å². The number of benzene rings is 2. The summed E-state index contributed by atoms with van der Waals surface area (Å²) in [5.41, 5.74) is 1.99. The molecule has 0 bridgehead atoms. The van der Waals surface area contributed by atoms with Crippen LogP contribution in [0.25, 0.3) is 11.0 Å². The lowest BCUT2D eigenvalue weighted by atomic mass is 10.1. The Bertz CT molecular complexity index is 997. The molecule has 0 aliphatic carbocycles. The molecule has 2 heterocycles. The first-order valence-electron chi connectivity index (χ1n) is 9.10. The van der Waals surface area contributed by atoms with E-state index < -0.39 is 6.04 Å². The second kappa shape index (κ2) is 7.59. The van der Waals surface area contributed by atoms with Gasteiger partial charge >= 0.3 is 0 Å². The topological polar surface area (TPSA) is 105 Å². The van der Waals surface area contributed by atoms with E-state index >= 15 is 0 Å². The van der Waals surface area contributed by atoms with Crippen LogP contribution in [0.2, 0.25) is 0 Å². The Labute approximate surface area is 161 Å². The van der Waals surface area contributed by atoms with Gasteiger partial charge in [0.15, 0.2) is 11.5 Å². The summed E-state index contributed by atoms with van der Waals surface area (Å²) in [6.45, 7) is 2.09. The summed E-state index contributed by atoms with van der Waals surface area (Å²) in [4.78, 5) is 32.7. The van der Waals surface area contributed by atoms with Gasteiger partial charge in [-0.1, -0.05) is 25.5 Å². The number of amides is 2. The smallest absolute Gasteiger partial charge is 0.252 e. The molecule has 4 rings (SSSR count). The van der Waals surface area contributed by atoms with Gasteiger partial charge in [0.25, 0.3) is 5.91 Å². The normalized spacial score (nSPS) is 13.3. The van der Waals surface area contributed by atoms with E-state index in [2.05, 4.69) is 20.6 Å². The van der Waals surface area contributed by atoms with E-state index in [0.717, 1.165) is 17.5 Å². The standard InChI is InChI=1S/C20H20N4O4/c1-2-5-15(19(26)24-20-22-13-6-3-4-7-14(13)23-20)21-18(25)12-8-9-16-17(10-12)28-11-27-16/h3-4,6-10,15H,2,5,11H2,1H3,(H,21,25)(H2,22,23,24,26). The van der Waals surface area contributed by atoms with E-state index in [9.17, 15) is 9.59 Å². The van der Waals surface area contributed by atoms with Gasteiger partial charge in [-0.05, 0) is 36.8 Å². The number of para-hydroxylation sites is 2. The van der Waals surface area contributed by atoms with Crippen molar-refractivity contribution in [2.45, 2.75) is 25.8 Å². The lowest BCUT2D eigenvalue weighted by Crippen LogP contribution is -2.43. The van der Waals surface area contributed by atoms with Gasteiger partial charge < -0.3 is 19.8 Å². The number of hydrogen-bond acceptors (Lipinski definition) is 5. The second-order valence-electron chi connectivity index (χ2n) is 6.47. The largest absolute Gasteiger partial charge is 0.454 e. The molecule has 1 aromatic heterocycles. The lowest BCUT2D eigenvalue weighted by Gasteiger charge is -2.17. The summed E-state index contributed by atoms with van der Waals surface area (Å²) >= 11 is 0. The average molecular weight is 380 g/mol. The SMILES string of the molecule is CCCC(NC(=O)c1ccc2c(c1)OCO2)C(=O)Nc1nc2ccccc2[nH]1. The number of carbonyl (C=O) groups is 2. The molecule has 3 N–H and O–H groups in total. The van der Waals surface area contributed by atoms with Crippen LogP contribution < -0.4 is 20.1 Å². The molecule has 0 spiro atoms. The number of nitrogens with one attached hydrogen (secondary N) is 3. The number of nitrogens with zero attached hydrogens (tertiary/aromatic N) is 1. The number of fused-ring (bicyclic) bond motifs is 2. The Hall–Kier alpha value is -3.55. The van der Waals surface area contributed by atoms with E-state index in [4.69, 9.17) is 9.47 Å². The summed E-state index contributed by atoms with van der Waals surface area (Å²) < 4.78 is 10.6. The van der Waals surface area contributed by atoms with Gasteiger partial charge in [-0.25, -0.2) is 4.98 Å². The summed E-state index contributed by atoms with van der Waals surface area (Å²) in [5.74, 6) is 0.798. The Morgan fingerprint density at radius 2 is 2.00 bits per heavy atom. The van der Waals surface area contributed by atoms with Crippen LogP contribution >= 0.6 is 0 Å². The molecule has 144 valence electrons. The fourth-order valence-corrected chi connectivity index (χ4v) is 3.05. The van der Waals surface area contributed by atoms with Crippen molar-refractivity contribution in [1.82, 2.24) is 15.3 Å². The summed E-state index contributed by atoms with van der Waals surface area (Å²) in [7, 11) is 0. The van der Waals surface area contributed by atoms with Gasteiger partial charge in [0.05, 0.1) is 11.0 Å². The number of H-pyrrole nitrogens is 1. The number of carbonyl (C=O) groups excluding carboxylic acids is 2. The zero-order chi connectivity index (χ0) is 19.5. The van der Waals surface area contributed by atoms with Gasteiger partial charge in [-0.2, -0.15) is 0 Å². The monoisotopic (exact) mass is 380 g/mol. The lowest BCUT2D eigenvalue weighted by molar-refractivity contribution is -0.118. The Balaban J connectivity index is 1.46. The van der Waals surface area contributed by atoms with Crippen LogP contribution in [0.4, 0.5) is 5.95 Å². The number of rotatable bonds is 6. The summed E-state index contributed by atoms with van der Waals surface area (Å²) in [6, 6.07) is 11.7. The third-order valence-electron chi connectivity index (χ3n) is 4.46. The predicted octanol–water partition coefficient (Wildman–Crippen LogP) is 2.83. The molecule has 0 saturated carbocycles. The van der Waals surface area contributed by atoms with E-state index in [-0.39, 0.29) is 18.6 Å². The van der Waals surface area contributed by atoms with E-state index in [1.165, 1.54) is 0 Å². The third kappa shape index (κ3) is 3.62. The number of hydrogen-bond donors (Lipinski definition) is 3. The zero-order valence-electron chi connectivity index (χ0n) is 15.3. The van der Waals surface area contributed by atoms with Crippen LogP contribution in [0.3, 0.4) is 0 Å². The third-order valence-corrected chi connectivity index (χ3v) is 4.46.